The zero-order chi connectivity index (χ0) is 17.2. The van der Waals surface area contributed by atoms with Crippen LogP contribution in [0.4, 0.5) is 0 Å². The lowest BCUT2D eigenvalue weighted by molar-refractivity contribution is -0.00612. The lowest BCUT2D eigenvalue weighted by atomic mass is 9.81. The molecule has 0 spiro atoms. The Morgan fingerprint density at radius 3 is 2.75 bits per heavy atom. The molecule has 1 aliphatic heterocycles. The summed E-state index contributed by atoms with van der Waals surface area (Å²) in [6, 6.07) is 0. The minimum Gasteiger partial charge on any atom is -0.396 e. The van der Waals surface area contributed by atoms with E-state index in [0.717, 1.165) is 63.4 Å². The molecule has 24 heavy (non-hydrogen) atoms. The third-order valence-corrected chi connectivity index (χ3v) is 6.02. The van der Waals surface area contributed by atoms with Crippen molar-refractivity contribution in [1.82, 2.24) is 0 Å². The van der Waals surface area contributed by atoms with E-state index in [1.165, 1.54) is 25.7 Å². The van der Waals surface area contributed by atoms with E-state index in [2.05, 4.69) is 19.1 Å². The summed E-state index contributed by atoms with van der Waals surface area (Å²) in [5.74, 6) is 2.13. The molecule has 2 rings (SSSR count). The molecule has 0 aromatic carbocycles. The van der Waals surface area contributed by atoms with Gasteiger partial charge in [0.15, 0.2) is 0 Å². The first kappa shape index (κ1) is 19.9. The summed E-state index contributed by atoms with van der Waals surface area (Å²) >= 11 is 0. The zero-order valence-electron chi connectivity index (χ0n) is 15.5. The molecular weight excluding hydrogens is 300 g/mol. The highest BCUT2D eigenvalue weighted by atomic mass is 16.5. The monoisotopic (exact) mass is 338 g/mol. The van der Waals surface area contributed by atoms with Crippen molar-refractivity contribution >= 4 is 0 Å². The van der Waals surface area contributed by atoms with Crippen molar-refractivity contribution in [3.05, 3.63) is 12.2 Å². The standard InChI is InChI=1S/C21H38O3/c1-2-3-7-10-18(23)12-13-20-19(17-15-21(20)24-16-17)11-8-5-4-6-9-14-22/h5,8,17-23H,2-4,6-7,9-16H2,1H3/b8-5+. The first-order valence-electron chi connectivity index (χ1n) is 10.3. The molecule has 1 aliphatic carbocycles. The topological polar surface area (TPSA) is 49.7 Å². The average molecular weight is 339 g/mol. The van der Waals surface area contributed by atoms with Crippen LogP contribution in [0.3, 0.4) is 0 Å². The maximum absolute atomic E-state index is 10.2. The predicted molar refractivity (Wildman–Crippen MR) is 98.9 cm³/mol. The summed E-state index contributed by atoms with van der Waals surface area (Å²) in [5, 5.41) is 19.0. The summed E-state index contributed by atoms with van der Waals surface area (Å²) in [6.45, 7) is 3.46. The van der Waals surface area contributed by atoms with Crippen LogP contribution in [0.15, 0.2) is 12.2 Å². The van der Waals surface area contributed by atoms with Gasteiger partial charge in [0, 0.05) is 6.61 Å². The second kappa shape index (κ2) is 11.3. The summed E-state index contributed by atoms with van der Waals surface area (Å²) in [5.41, 5.74) is 0. The summed E-state index contributed by atoms with van der Waals surface area (Å²) in [7, 11) is 0. The SMILES string of the molecule is CCCCCC(O)CCC1C2CC(CO2)C1C/C=C/CCCCO. The van der Waals surface area contributed by atoms with Gasteiger partial charge in [-0.15, -0.1) is 0 Å². The number of allylic oxidation sites excluding steroid dienone is 2. The van der Waals surface area contributed by atoms with E-state index >= 15 is 0 Å². The molecule has 2 bridgehead atoms. The van der Waals surface area contributed by atoms with Gasteiger partial charge in [-0.3, -0.25) is 0 Å². The van der Waals surface area contributed by atoms with Gasteiger partial charge in [0.25, 0.3) is 0 Å². The minimum atomic E-state index is -0.120. The fourth-order valence-corrected chi connectivity index (χ4v) is 4.58. The van der Waals surface area contributed by atoms with Crippen LogP contribution >= 0.6 is 0 Å². The lowest BCUT2D eigenvalue weighted by Gasteiger charge is -2.31. The van der Waals surface area contributed by atoms with Crippen molar-refractivity contribution in [3.63, 3.8) is 0 Å². The molecule has 2 fully saturated rings. The quantitative estimate of drug-likeness (QED) is 0.385. The Hall–Kier alpha value is -0.380. The minimum absolute atomic E-state index is 0.120. The van der Waals surface area contributed by atoms with E-state index in [9.17, 15) is 5.11 Å². The summed E-state index contributed by atoms with van der Waals surface area (Å²) < 4.78 is 5.95. The van der Waals surface area contributed by atoms with Gasteiger partial charge in [-0.1, -0.05) is 38.3 Å². The Balaban J connectivity index is 1.71. The molecule has 1 saturated heterocycles. The van der Waals surface area contributed by atoms with E-state index in [1.807, 2.05) is 0 Å². The Morgan fingerprint density at radius 1 is 1.08 bits per heavy atom. The first-order chi connectivity index (χ1) is 11.8. The molecule has 0 radical (unpaired) electrons. The molecule has 5 atom stereocenters. The fraction of sp³-hybridized carbons (Fsp3) is 0.905. The average Bonchev–Trinajstić information content (AvgIpc) is 3.18. The maximum Gasteiger partial charge on any atom is 0.0609 e. The van der Waals surface area contributed by atoms with Gasteiger partial charge >= 0.3 is 0 Å². The number of ether oxygens (including phenoxy) is 1. The third-order valence-electron chi connectivity index (χ3n) is 6.02. The van der Waals surface area contributed by atoms with Crippen LogP contribution in [0.25, 0.3) is 0 Å². The molecule has 0 aromatic heterocycles. The van der Waals surface area contributed by atoms with E-state index in [4.69, 9.17) is 9.84 Å². The van der Waals surface area contributed by atoms with Crippen molar-refractivity contribution in [2.75, 3.05) is 13.2 Å². The van der Waals surface area contributed by atoms with Crippen LogP contribution in [0.2, 0.25) is 0 Å². The number of hydrogen-bond acceptors (Lipinski definition) is 3. The highest BCUT2D eigenvalue weighted by Gasteiger charge is 2.47. The molecule has 3 nitrogen and oxygen atoms in total. The van der Waals surface area contributed by atoms with Gasteiger partial charge in [0.2, 0.25) is 0 Å². The van der Waals surface area contributed by atoms with E-state index in [-0.39, 0.29) is 6.10 Å². The Bertz CT molecular complexity index is 355. The summed E-state index contributed by atoms with van der Waals surface area (Å²) in [6.07, 6.45) is 17.1. The lowest BCUT2D eigenvalue weighted by Crippen LogP contribution is -2.29. The third kappa shape index (κ3) is 6.16. The zero-order valence-corrected chi connectivity index (χ0v) is 15.5. The molecule has 2 aliphatic rings. The number of aliphatic hydroxyl groups excluding tert-OH is 2. The van der Waals surface area contributed by atoms with Gasteiger partial charge in [0.05, 0.1) is 18.8 Å². The van der Waals surface area contributed by atoms with Crippen LogP contribution in [-0.2, 0) is 4.74 Å². The molecule has 1 heterocycles. The molecule has 2 N–H and O–H groups in total. The smallest absolute Gasteiger partial charge is 0.0609 e. The van der Waals surface area contributed by atoms with Gasteiger partial charge < -0.3 is 14.9 Å². The second-order valence-corrected chi connectivity index (χ2v) is 7.85. The molecule has 140 valence electrons. The number of fused-ring (bicyclic) bond motifs is 2. The van der Waals surface area contributed by atoms with Gasteiger partial charge in [-0.2, -0.15) is 0 Å². The van der Waals surface area contributed by atoms with E-state index in [0.29, 0.717) is 18.6 Å². The molecule has 5 unspecified atom stereocenters. The largest absolute Gasteiger partial charge is 0.396 e. The molecule has 3 heteroatoms. The van der Waals surface area contributed by atoms with Crippen LogP contribution in [-0.4, -0.2) is 35.6 Å². The molecule has 0 aromatic rings. The Morgan fingerprint density at radius 2 is 1.96 bits per heavy atom. The number of hydrogen-bond donors (Lipinski definition) is 2. The van der Waals surface area contributed by atoms with Crippen molar-refractivity contribution < 1.29 is 14.9 Å². The fourth-order valence-electron chi connectivity index (χ4n) is 4.58. The number of aliphatic hydroxyl groups is 2. The van der Waals surface area contributed by atoms with Crippen LogP contribution in [0, 0.1) is 17.8 Å². The molecule has 1 saturated carbocycles. The number of unbranched alkanes of at least 4 members (excludes halogenated alkanes) is 4. The Kier molecular flexibility index (Phi) is 9.37. The highest BCUT2D eigenvalue weighted by molar-refractivity contribution is 4.99. The van der Waals surface area contributed by atoms with Crippen molar-refractivity contribution in [3.8, 4) is 0 Å². The first-order valence-corrected chi connectivity index (χ1v) is 10.3. The van der Waals surface area contributed by atoms with E-state index in [1.54, 1.807) is 0 Å². The second-order valence-electron chi connectivity index (χ2n) is 7.85. The van der Waals surface area contributed by atoms with E-state index < -0.39 is 0 Å². The van der Waals surface area contributed by atoms with Gasteiger partial charge in [0.1, 0.15) is 0 Å². The normalized spacial score (nSPS) is 30.5. The van der Waals surface area contributed by atoms with Crippen molar-refractivity contribution in [2.24, 2.45) is 17.8 Å². The van der Waals surface area contributed by atoms with Crippen LogP contribution in [0.5, 0.6) is 0 Å². The maximum atomic E-state index is 10.2. The molecule has 0 amide bonds. The highest BCUT2D eigenvalue weighted by Crippen LogP contribution is 2.48. The Labute approximate surface area is 148 Å². The summed E-state index contributed by atoms with van der Waals surface area (Å²) in [4.78, 5) is 0. The van der Waals surface area contributed by atoms with Gasteiger partial charge in [-0.25, -0.2) is 0 Å². The number of rotatable bonds is 13. The predicted octanol–water partition coefficient (Wildman–Crippen LogP) is 4.47. The van der Waals surface area contributed by atoms with Crippen LogP contribution in [0.1, 0.15) is 77.6 Å². The van der Waals surface area contributed by atoms with Crippen molar-refractivity contribution in [1.29, 1.82) is 0 Å². The van der Waals surface area contributed by atoms with Gasteiger partial charge in [-0.05, 0) is 69.1 Å². The van der Waals surface area contributed by atoms with Crippen molar-refractivity contribution in [2.45, 2.75) is 89.8 Å². The molecular formula is C21H38O3. The van der Waals surface area contributed by atoms with Crippen LogP contribution < -0.4 is 0 Å².